The molecule has 182 valence electrons. The van der Waals surface area contributed by atoms with Gasteiger partial charge in [-0.1, -0.05) is 52.8 Å². The van der Waals surface area contributed by atoms with Crippen molar-refractivity contribution in [2.24, 2.45) is 40.4 Å². The number of aliphatic hydroxyl groups excluding tert-OH is 3. The van der Waals surface area contributed by atoms with Crippen molar-refractivity contribution in [1.29, 1.82) is 0 Å². The van der Waals surface area contributed by atoms with Crippen molar-refractivity contribution in [1.82, 2.24) is 0 Å². The van der Waals surface area contributed by atoms with Crippen LogP contribution in [0.4, 0.5) is 0 Å². The van der Waals surface area contributed by atoms with Crippen LogP contribution in [0.25, 0.3) is 0 Å². The largest absolute Gasteiger partial charge is 0.393 e. The standard InChI is InChI=1S/C28H46O4/c1-16(2)17(3)7-8-18(4)20-9-10-21-22-14-24(30)23-13-19(29)11-12-27(23,6)28(22,32)25(31)15-26(20,21)5/h14,16,18-21,23-25,29-32H,3,7-13,15H2,1-2,4-6H3/t18-,19+,20-,21?,23?,24+,25-,26-,27+,28+/m1/s1. The average molecular weight is 447 g/mol. The van der Waals surface area contributed by atoms with Crippen LogP contribution in [0.15, 0.2) is 23.8 Å². The van der Waals surface area contributed by atoms with Crippen LogP contribution < -0.4 is 0 Å². The first-order chi connectivity index (χ1) is 14.9. The third-order valence-electron chi connectivity index (χ3n) is 10.7. The van der Waals surface area contributed by atoms with E-state index in [1.165, 1.54) is 5.57 Å². The molecule has 2 unspecified atom stereocenters. The van der Waals surface area contributed by atoms with Gasteiger partial charge in [0.1, 0.15) is 5.60 Å². The third kappa shape index (κ3) is 3.39. The Morgan fingerprint density at radius 1 is 1.12 bits per heavy atom. The third-order valence-corrected chi connectivity index (χ3v) is 10.7. The molecule has 4 aliphatic rings. The lowest BCUT2D eigenvalue weighted by atomic mass is 9.44. The molecule has 0 aromatic carbocycles. The zero-order valence-corrected chi connectivity index (χ0v) is 20.8. The molecule has 4 rings (SSSR count). The molecule has 0 aromatic heterocycles. The van der Waals surface area contributed by atoms with E-state index in [9.17, 15) is 20.4 Å². The molecular formula is C28H46O4. The highest BCUT2D eigenvalue weighted by molar-refractivity contribution is 5.39. The molecule has 3 fully saturated rings. The number of aliphatic hydroxyl groups is 4. The normalized spacial score (nSPS) is 49.1. The number of fused-ring (bicyclic) bond motifs is 5. The van der Waals surface area contributed by atoms with Gasteiger partial charge in [-0.2, -0.15) is 0 Å². The maximum absolute atomic E-state index is 12.2. The van der Waals surface area contributed by atoms with Crippen LogP contribution in [0.1, 0.15) is 86.0 Å². The smallest absolute Gasteiger partial charge is 0.117 e. The minimum atomic E-state index is -1.31. The average Bonchev–Trinajstić information content (AvgIpc) is 3.06. The second-order valence-corrected chi connectivity index (χ2v) is 12.6. The second kappa shape index (κ2) is 8.22. The molecule has 0 spiro atoms. The van der Waals surface area contributed by atoms with Gasteiger partial charge in [-0.05, 0) is 91.9 Å². The predicted molar refractivity (Wildman–Crippen MR) is 128 cm³/mol. The van der Waals surface area contributed by atoms with Crippen molar-refractivity contribution in [2.45, 2.75) is 110 Å². The Morgan fingerprint density at radius 2 is 1.81 bits per heavy atom. The molecule has 10 atom stereocenters. The van der Waals surface area contributed by atoms with E-state index in [2.05, 4.69) is 34.3 Å². The first-order valence-corrected chi connectivity index (χ1v) is 13.0. The van der Waals surface area contributed by atoms with Crippen molar-refractivity contribution in [2.75, 3.05) is 0 Å². The van der Waals surface area contributed by atoms with Crippen molar-refractivity contribution in [3.8, 4) is 0 Å². The van der Waals surface area contributed by atoms with E-state index in [0.717, 1.165) is 31.3 Å². The molecule has 4 N–H and O–H groups in total. The van der Waals surface area contributed by atoms with E-state index in [1.54, 1.807) is 0 Å². The lowest BCUT2D eigenvalue weighted by molar-refractivity contribution is -0.221. The number of allylic oxidation sites excluding steroid dienone is 1. The van der Waals surface area contributed by atoms with Gasteiger partial charge in [0.2, 0.25) is 0 Å². The molecular weight excluding hydrogens is 400 g/mol. The fourth-order valence-corrected chi connectivity index (χ4v) is 8.49. The van der Waals surface area contributed by atoms with Gasteiger partial charge in [-0.15, -0.1) is 0 Å². The predicted octanol–water partition coefficient (Wildman–Crippen LogP) is 4.61. The Labute approximate surface area is 194 Å². The summed E-state index contributed by atoms with van der Waals surface area (Å²) in [6, 6.07) is 0. The summed E-state index contributed by atoms with van der Waals surface area (Å²) in [5.41, 5.74) is 0.196. The Balaban J connectivity index is 1.64. The lowest BCUT2D eigenvalue weighted by Crippen LogP contribution is -2.69. The first kappa shape index (κ1) is 24.4. The number of rotatable bonds is 5. The van der Waals surface area contributed by atoms with E-state index in [0.29, 0.717) is 43.4 Å². The lowest BCUT2D eigenvalue weighted by Gasteiger charge is -2.64. The summed E-state index contributed by atoms with van der Waals surface area (Å²) in [6.07, 6.45) is 6.52. The van der Waals surface area contributed by atoms with E-state index in [-0.39, 0.29) is 17.3 Å². The van der Waals surface area contributed by atoms with E-state index in [4.69, 9.17) is 0 Å². The monoisotopic (exact) mass is 446 g/mol. The summed E-state index contributed by atoms with van der Waals surface area (Å²) in [5.74, 6) is 1.50. The molecule has 0 heterocycles. The molecule has 0 aromatic rings. The summed E-state index contributed by atoms with van der Waals surface area (Å²) in [7, 11) is 0. The summed E-state index contributed by atoms with van der Waals surface area (Å²) < 4.78 is 0. The van der Waals surface area contributed by atoms with Crippen LogP contribution in [0.5, 0.6) is 0 Å². The van der Waals surface area contributed by atoms with E-state index < -0.39 is 29.3 Å². The molecule has 0 amide bonds. The van der Waals surface area contributed by atoms with Gasteiger partial charge < -0.3 is 20.4 Å². The van der Waals surface area contributed by atoms with E-state index in [1.807, 2.05) is 13.0 Å². The Kier molecular flexibility index (Phi) is 6.28. The molecule has 4 nitrogen and oxygen atoms in total. The second-order valence-electron chi connectivity index (χ2n) is 12.6. The van der Waals surface area contributed by atoms with Gasteiger partial charge in [0.15, 0.2) is 0 Å². The minimum absolute atomic E-state index is 0.0762. The summed E-state index contributed by atoms with van der Waals surface area (Å²) in [4.78, 5) is 0. The van der Waals surface area contributed by atoms with Crippen LogP contribution >= 0.6 is 0 Å². The molecule has 4 aliphatic carbocycles. The Morgan fingerprint density at radius 3 is 2.47 bits per heavy atom. The molecule has 3 saturated carbocycles. The molecule has 0 radical (unpaired) electrons. The van der Waals surface area contributed by atoms with Gasteiger partial charge in [0, 0.05) is 5.41 Å². The highest BCUT2D eigenvalue weighted by Crippen LogP contribution is 2.68. The highest BCUT2D eigenvalue weighted by atomic mass is 16.3. The maximum Gasteiger partial charge on any atom is 0.117 e. The van der Waals surface area contributed by atoms with Crippen LogP contribution in [-0.2, 0) is 0 Å². The zero-order valence-electron chi connectivity index (χ0n) is 20.8. The summed E-state index contributed by atoms with van der Waals surface area (Å²) in [6.45, 7) is 15.4. The fourth-order valence-electron chi connectivity index (χ4n) is 8.49. The number of hydrogen-bond donors (Lipinski definition) is 4. The fraction of sp³-hybridized carbons (Fsp3) is 0.857. The van der Waals surface area contributed by atoms with Crippen LogP contribution in [0.2, 0.25) is 0 Å². The molecule has 0 aliphatic heterocycles. The van der Waals surface area contributed by atoms with Crippen LogP contribution in [0, 0.1) is 40.4 Å². The Bertz CT molecular complexity index is 773. The van der Waals surface area contributed by atoms with Crippen molar-refractivity contribution in [3.05, 3.63) is 23.8 Å². The van der Waals surface area contributed by atoms with Gasteiger partial charge in [0.25, 0.3) is 0 Å². The zero-order chi connectivity index (χ0) is 23.6. The van der Waals surface area contributed by atoms with Crippen molar-refractivity contribution in [3.63, 3.8) is 0 Å². The molecule has 0 bridgehead atoms. The number of hydrogen-bond acceptors (Lipinski definition) is 4. The molecule has 4 heteroatoms. The topological polar surface area (TPSA) is 80.9 Å². The molecule has 0 saturated heterocycles. The van der Waals surface area contributed by atoms with Gasteiger partial charge >= 0.3 is 0 Å². The van der Waals surface area contributed by atoms with Gasteiger partial charge in [-0.3, -0.25) is 0 Å². The van der Waals surface area contributed by atoms with Crippen molar-refractivity contribution < 1.29 is 20.4 Å². The Hall–Kier alpha value is -0.680. The van der Waals surface area contributed by atoms with Crippen LogP contribution in [-0.4, -0.2) is 44.3 Å². The minimum Gasteiger partial charge on any atom is -0.393 e. The highest BCUT2D eigenvalue weighted by Gasteiger charge is 2.69. The SMILES string of the molecule is C=C(CC[C@@H](C)[C@H]1CCC2C3=C[C@H](O)C4C[C@@H](O)CC[C@]4(C)[C@@]3(O)[C@H](O)C[C@@]21C)C(C)C. The maximum atomic E-state index is 12.2. The first-order valence-electron chi connectivity index (χ1n) is 13.0. The van der Waals surface area contributed by atoms with Gasteiger partial charge in [-0.25, -0.2) is 0 Å². The van der Waals surface area contributed by atoms with Crippen molar-refractivity contribution >= 4 is 0 Å². The van der Waals surface area contributed by atoms with Gasteiger partial charge in [0.05, 0.1) is 18.3 Å². The summed E-state index contributed by atoms with van der Waals surface area (Å²) >= 11 is 0. The summed E-state index contributed by atoms with van der Waals surface area (Å²) in [5, 5.41) is 45.2. The molecule has 32 heavy (non-hydrogen) atoms. The van der Waals surface area contributed by atoms with Crippen LogP contribution in [0.3, 0.4) is 0 Å². The quantitative estimate of drug-likeness (QED) is 0.465. The van der Waals surface area contributed by atoms with E-state index >= 15 is 0 Å².